The van der Waals surface area contributed by atoms with Crippen molar-refractivity contribution in [2.75, 3.05) is 18.5 Å². The molecule has 126 valence electrons. The fourth-order valence-corrected chi connectivity index (χ4v) is 2.54. The molecule has 0 bridgehead atoms. The summed E-state index contributed by atoms with van der Waals surface area (Å²) in [7, 11) is 0. The number of hydrogen-bond acceptors (Lipinski definition) is 4. The van der Waals surface area contributed by atoms with E-state index in [2.05, 4.69) is 5.32 Å². The molecule has 2 aromatic rings. The van der Waals surface area contributed by atoms with Crippen molar-refractivity contribution < 1.29 is 14.3 Å². The average Bonchev–Trinajstić information content (AvgIpc) is 2.62. The van der Waals surface area contributed by atoms with Gasteiger partial charge in [-0.15, -0.1) is 0 Å². The minimum absolute atomic E-state index is 0.0450. The number of nitriles is 1. The number of benzene rings is 2. The topological polar surface area (TPSA) is 71.4 Å². The SMILES string of the molecule is Cc1ccc(C)c(/C=C(\C#N)C(=O)Nc2ccc3c(c2)OCCO3)c1. The van der Waals surface area contributed by atoms with Crippen molar-refractivity contribution in [3.63, 3.8) is 0 Å². The maximum absolute atomic E-state index is 12.4. The van der Waals surface area contributed by atoms with Crippen LogP contribution in [0.15, 0.2) is 42.0 Å². The molecule has 2 aromatic carbocycles. The number of carbonyl (C=O) groups excluding carboxylic acids is 1. The smallest absolute Gasteiger partial charge is 0.266 e. The van der Waals surface area contributed by atoms with Crippen molar-refractivity contribution in [3.8, 4) is 17.6 Å². The number of aryl methyl sites for hydroxylation is 2. The molecule has 0 aliphatic carbocycles. The summed E-state index contributed by atoms with van der Waals surface area (Å²) >= 11 is 0. The number of rotatable bonds is 3. The predicted molar refractivity (Wildman–Crippen MR) is 95.6 cm³/mol. The van der Waals surface area contributed by atoms with Gasteiger partial charge in [0.05, 0.1) is 0 Å². The zero-order valence-corrected chi connectivity index (χ0v) is 14.1. The molecule has 1 aliphatic heterocycles. The number of ether oxygens (including phenoxy) is 2. The lowest BCUT2D eigenvalue weighted by atomic mass is 10.0. The Kier molecular flexibility index (Phi) is 4.71. The summed E-state index contributed by atoms with van der Waals surface area (Å²) in [5, 5.41) is 12.1. The van der Waals surface area contributed by atoms with Gasteiger partial charge in [-0.1, -0.05) is 23.8 Å². The van der Waals surface area contributed by atoms with Gasteiger partial charge in [0.1, 0.15) is 24.9 Å². The lowest BCUT2D eigenvalue weighted by molar-refractivity contribution is -0.112. The zero-order valence-electron chi connectivity index (χ0n) is 14.1. The van der Waals surface area contributed by atoms with Crippen molar-refractivity contribution >= 4 is 17.7 Å². The molecule has 1 N–H and O–H groups in total. The molecule has 0 saturated heterocycles. The maximum atomic E-state index is 12.4. The molecule has 1 aliphatic rings. The van der Waals surface area contributed by atoms with E-state index in [4.69, 9.17) is 9.47 Å². The first-order valence-electron chi connectivity index (χ1n) is 7.97. The lowest BCUT2D eigenvalue weighted by Gasteiger charge is -2.18. The lowest BCUT2D eigenvalue weighted by Crippen LogP contribution is -2.17. The van der Waals surface area contributed by atoms with Gasteiger partial charge in [-0.25, -0.2) is 0 Å². The maximum Gasteiger partial charge on any atom is 0.266 e. The molecule has 1 amide bonds. The Morgan fingerprint density at radius 1 is 1.12 bits per heavy atom. The molecule has 5 heteroatoms. The van der Waals surface area contributed by atoms with Crippen LogP contribution in [0.4, 0.5) is 5.69 Å². The Balaban J connectivity index is 1.82. The van der Waals surface area contributed by atoms with Crippen LogP contribution < -0.4 is 14.8 Å². The van der Waals surface area contributed by atoms with Gasteiger partial charge in [-0.3, -0.25) is 4.79 Å². The summed E-state index contributed by atoms with van der Waals surface area (Å²) < 4.78 is 11.0. The van der Waals surface area contributed by atoms with E-state index in [0.29, 0.717) is 30.4 Å². The average molecular weight is 334 g/mol. The number of nitrogens with one attached hydrogen (secondary N) is 1. The normalized spacial score (nSPS) is 13.1. The molecule has 0 saturated carbocycles. The van der Waals surface area contributed by atoms with Crippen molar-refractivity contribution in [2.45, 2.75) is 13.8 Å². The minimum atomic E-state index is -0.458. The Labute approximate surface area is 146 Å². The van der Waals surface area contributed by atoms with Crippen LogP contribution in [-0.4, -0.2) is 19.1 Å². The fourth-order valence-electron chi connectivity index (χ4n) is 2.54. The third-order valence-electron chi connectivity index (χ3n) is 3.90. The number of carbonyl (C=O) groups is 1. The van der Waals surface area contributed by atoms with E-state index in [9.17, 15) is 10.1 Å². The van der Waals surface area contributed by atoms with Gasteiger partial charge in [-0.05, 0) is 43.2 Å². The summed E-state index contributed by atoms with van der Waals surface area (Å²) in [4.78, 5) is 12.4. The van der Waals surface area contributed by atoms with Gasteiger partial charge < -0.3 is 14.8 Å². The van der Waals surface area contributed by atoms with Gasteiger partial charge in [0.25, 0.3) is 5.91 Å². The molecule has 0 unspecified atom stereocenters. The molecule has 0 atom stereocenters. The number of fused-ring (bicyclic) bond motifs is 1. The van der Waals surface area contributed by atoms with Crippen LogP contribution in [0.1, 0.15) is 16.7 Å². The zero-order chi connectivity index (χ0) is 17.8. The number of amides is 1. The van der Waals surface area contributed by atoms with Crippen LogP contribution >= 0.6 is 0 Å². The Morgan fingerprint density at radius 3 is 2.64 bits per heavy atom. The highest BCUT2D eigenvalue weighted by Crippen LogP contribution is 2.32. The summed E-state index contributed by atoms with van der Waals surface area (Å²) in [5.41, 5.74) is 3.53. The van der Waals surface area contributed by atoms with Crippen LogP contribution in [0.5, 0.6) is 11.5 Å². The van der Waals surface area contributed by atoms with E-state index in [1.165, 1.54) is 0 Å². The van der Waals surface area contributed by atoms with Gasteiger partial charge in [0, 0.05) is 11.8 Å². The highest BCUT2D eigenvalue weighted by molar-refractivity contribution is 6.09. The fraction of sp³-hybridized carbons (Fsp3) is 0.200. The Bertz CT molecular complexity index is 894. The standard InChI is InChI=1S/C20H18N2O3/c1-13-3-4-14(2)15(9-13)10-16(12-21)20(23)22-17-5-6-18-19(11-17)25-8-7-24-18/h3-6,9-11H,7-8H2,1-2H3,(H,22,23)/b16-10+. The van der Waals surface area contributed by atoms with Gasteiger partial charge >= 0.3 is 0 Å². The van der Waals surface area contributed by atoms with Gasteiger partial charge in [0.2, 0.25) is 0 Å². The molecule has 0 fully saturated rings. The molecule has 25 heavy (non-hydrogen) atoms. The second-order valence-corrected chi connectivity index (χ2v) is 5.84. The predicted octanol–water partition coefficient (Wildman–Crippen LogP) is 3.62. The molecule has 0 aromatic heterocycles. The second-order valence-electron chi connectivity index (χ2n) is 5.84. The number of hydrogen-bond donors (Lipinski definition) is 1. The summed E-state index contributed by atoms with van der Waals surface area (Å²) in [5.74, 6) is 0.775. The Hall–Kier alpha value is -3.26. The second kappa shape index (κ2) is 7.10. The van der Waals surface area contributed by atoms with Gasteiger partial charge in [0.15, 0.2) is 11.5 Å². The Morgan fingerprint density at radius 2 is 1.88 bits per heavy atom. The molecule has 3 rings (SSSR count). The van der Waals surface area contributed by atoms with Crippen molar-refractivity contribution in [1.29, 1.82) is 5.26 Å². The first-order valence-corrected chi connectivity index (χ1v) is 7.97. The quantitative estimate of drug-likeness (QED) is 0.687. The molecular weight excluding hydrogens is 316 g/mol. The van der Waals surface area contributed by atoms with Crippen molar-refractivity contribution in [2.24, 2.45) is 0 Å². The third-order valence-corrected chi connectivity index (χ3v) is 3.90. The van der Waals surface area contributed by atoms with Crippen molar-refractivity contribution in [3.05, 3.63) is 58.7 Å². The largest absolute Gasteiger partial charge is 0.486 e. The molecule has 5 nitrogen and oxygen atoms in total. The van der Waals surface area contributed by atoms with Crippen LogP contribution in [0, 0.1) is 25.2 Å². The van der Waals surface area contributed by atoms with E-state index in [1.54, 1.807) is 24.3 Å². The van der Waals surface area contributed by atoms with Crippen molar-refractivity contribution in [1.82, 2.24) is 0 Å². The van der Waals surface area contributed by atoms with Gasteiger partial charge in [-0.2, -0.15) is 5.26 Å². The molecule has 0 radical (unpaired) electrons. The highest BCUT2D eigenvalue weighted by atomic mass is 16.6. The number of nitrogens with zero attached hydrogens (tertiary/aromatic N) is 1. The monoisotopic (exact) mass is 334 g/mol. The first kappa shape index (κ1) is 16.6. The van der Waals surface area contributed by atoms with Crippen LogP contribution in [0.25, 0.3) is 6.08 Å². The summed E-state index contributed by atoms with van der Waals surface area (Å²) in [6, 6.07) is 13.0. The molecule has 1 heterocycles. The van der Waals surface area contributed by atoms with Crippen LogP contribution in [0.3, 0.4) is 0 Å². The third kappa shape index (κ3) is 3.81. The molecule has 0 spiro atoms. The highest BCUT2D eigenvalue weighted by Gasteiger charge is 2.15. The minimum Gasteiger partial charge on any atom is -0.486 e. The molecular formula is C20H18N2O3. The van der Waals surface area contributed by atoms with E-state index >= 15 is 0 Å². The summed E-state index contributed by atoms with van der Waals surface area (Å²) in [6.45, 7) is 4.90. The van der Waals surface area contributed by atoms with E-state index < -0.39 is 5.91 Å². The van der Waals surface area contributed by atoms with E-state index in [-0.39, 0.29) is 5.57 Å². The van der Waals surface area contributed by atoms with E-state index in [0.717, 1.165) is 16.7 Å². The van der Waals surface area contributed by atoms with Crippen LogP contribution in [-0.2, 0) is 4.79 Å². The van der Waals surface area contributed by atoms with E-state index in [1.807, 2.05) is 38.1 Å². The van der Waals surface area contributed by atoms with Crippen LogP contribution in [0.2, 0.25) is 0 Å². The summed E-state index contributed by atoms with van der Waals surface area (Å²) in [6.07, 6.45) is 1.61. The first-order chi connectivity index (χ1) is 12.1. The number of anilines is 1.